The second-order valence-corrected chi connectivity index (χ2v) is 6.82. The van der Waals surface area contributed by atoms with Gasteiger partial charge in [-0.05, 0) is 26.4 Å². The Morgan fingerprint density at radius 1 is 1.47 bits per heavy atom. The van der Waals surface area contributed by atoms with Crippen LogP contribution >= 0.6 is 0 Å². The van der Waals surface area contributed by atoms with Gasteiger partial charge in [-0.2, -0.15) is 0 Å². The summed E-state index contributed by atoms with van der Waals surface area (Å²) in [6.07, 6.45) is 0.150. The maximum atomic E-state index is 11.2. The fraction of sp³-hybridized carbons (Fsp3) is 0.900. The third-order valence-electron chi connectivity index (χ3n) is 2.63. The van der Waals surface area contributed by atoms with Crippen molar-refractivity contribution in [3.63, 3.8) is 0 Å². The SMILES string of the molecule is CN(C)CCOC(=O)NCC1CCS(=O)(=O)C1. The molecular formula is C10H20N2O4S. The first-order valence-corrected chi connectivity index (χ1v) is 7.47. The molecule has 17 heavy (non-hydrogen) atoms. The molecule has 1 fully saturated rings. The van der Waals surface area contributed by atoms with Gasteiger partial charge in [0.15, 0.2) is 9.84 Å². The van der Waals surface area contributed by atoms with Crippen molar-refractivity contribution in [1.82, 2.24) is 10.2 Å². The van der Waals surface area contributed by atoms with Gasteiger partial charge in [-0.15, -0.1) is 0 Å². The van der Waals surface area contributed by atoms with Crippen molar-refractivity contribution >= 4 is 15.9 Å². The van der Waals surface area contributed by atoms with Crippen molar-refractivity contribution in [2.75, 3.05) is 45.3 Å². The van der Waals surface area contributed by atoms with E-state index >= 15 is 0 Å². The summed E-state index contributed by atoms with van der Waals surface area (Å²) >= 11 is 0. The Morgan fingerprint density at radius 3 is 2.71 bits per heavy atom. The molecule has 0 bridgehead atoms. The molecule has 1 aliphatic heterocycles. The molecular weight excluding hydrogens is 244 g/mol. The van der Waals surface area contributed by atoms with Gasteiger partial charge in [-0.3, -0.25) is 0 Å². The monoisotopic (exact) mass is 264 g/mol. The summed E-state index contributed by atoms with van der Waals surface area (Å²) in [7, 11) is 0.917. The first kappa shape index (κ1) is 14.2. The van der Waals surface area contributed by atoms with Crippen LogP contribution in [0, 0.1) is 5.92 Å². The number of nitrogens with zero attached hydrogens (tertiary/aromatic N) is 1. The second kappa shape index (κ2) is 6.20. The number of likely N-dealkylation sites (N-methyl/N-ethyl adjacent to an activating group) is 1. The molecule has 0 aromatic rings. The zero-order valence-electron chi connectivity index (χ0n) is 10.3. The molecule has 7 heteroatoms. The molecule has 1 N–H and O–H groups in total. The van der Waals surface area contributed by atoms with Gasteiger partial charge in [0.1, 0.15) is 6.61 Å². The summed E-state index contributed by atoms with van der Waals surface area (Å²) in [6, 6.07) is 0. The quantitative estimate of drug-likeness (QED) is 0.738. The van der Waals surface area contributed by atoms with Crippen molar-refractivity contribution in [3.8, 4) is 0 Å². The van der Waals surface area contributed by atoms with Gasteiger partial charge < -0.3 is 15.0 Å². The third-order valence-corrected chi connectivity index (χ3v) is 4.47. The van der Waals surface area contributed by atoms with E-state index in [1.807, 2.05) is 19.0 Å². The van der Waals surface area contributed by atoms with E-state index in [-0.39, 0.29) is 17.4 Å². The van der Waals surface area contributed by atoms with Crippen LogP contribution in [0.1, 0.15) is 6.42 Å². The summed E-state index contributed by atoms with van der Waals surface area (Å²) in [6.45, 7) is 1.38. The van der Waals surface area contributed by atoms with Gasteiger partial charge in [0.05, 0.1) is 11.5 Å². The molecule has 0 radical (unpaired) electrons. The van der Waals surface area contributed by atoms with Crippen LogP contribution in [-0.2, 0) is 14.6 Å². The highest BCUT2D eigenvalue weighted by molar-refractivity contribution is 7.91. The largest absolute Gasteiger partial charge is 0.448 e. The maximum absolute atomic E-state index is 11.2. The number of hydrogen-bond acceptors (Lipinski definition) is 5. The Morgan fingerprint density at radius 2 is 2.18 bits per heavy atom. The highest BCUT2D eigenvalue weighted by Crippen LogP contribution is 2.17. The molecule has 0 spiro atoms. The number of carbonyl (C=O) groups excluding carboxylic acids is 1. The lowest BCUT2D eigenvalue weighted by atomic mass is 10.1. The minimum Gasteiger partial charge on any atom is -0.448 e. The van der Waals surface area contributed by atoms with Gasteiger partial charge >= 0.3 is 6.09 Å². The van der Waals surface area contributed by atoms with Crippen molar-refractivity contribution < 1.29 is 17.9 Å². The molecule has 0 saturated carbocycles. The second-order valence-electron chi connectivity index (χ2n) is 4.59. The van der Waals surface area contributed by atoms with Crippen LogP contribution in [0.3, 0.4) is 0 Å². The van der Waals surface area contributed by atoms with Crippen LogP contribution in [0.25, 0.3) is 0 Å². The molecule has 6 nitrogen and oxygen atoms in total. The van der Waals surface area contributed by atoms with Crippen LogP contribution in [0.4, 0.5) is 4.79 Å². The van der Waals surface area contributed by atoms with E-state index in [1.165, 1.54) is 0 Å². The summed E-state index contributed by atoms with van der Waals surface area (Å²) in [5.41, 5.74) is 0. The lowest BCUT2D eigenvalue weighted by Crippen LogP contribution is -2.32. The first-order valence-electron chi connectivity index (χ1n) is 5.65. The molecule has 1 heterocycles. The van der Waals surface area contributed by atoms with Crippen LogP contribution in [0.2, 0.25) is 0 Å². The van der Waals surface area contributed by atoms with Gasteiger partial charge in [0.25, 0.3) is 0 Å². The predicted octanol–water partition coefficient (Wildman–Crippen LogP) is -0.291. The predicted molar refractivity (Wildman–Crippen MR) is 64.7 cm³/mol. The molecule has 1 aliphatic rings. The Hall–Kier alpha value is -0.820. The summed E-state index contributed by atoms with van der Waals surface area (Å²) < 4.78 is 27.3. The molecule has 1 atom stereocenters. The molecule has 1 saturated heterocycles. The fourth-order valence-electron chi connectivity index (χ4n) is 1.63. The van der Waals surface area contributed by atoms with E-state index in [1.54, 1.807) is 0 Å². The van der Waals surface area contributed by atoms with Gasteiger partial charge in [0.2, 0.25) is 0 Å². The van der Waals surface area contributed by atoms with Crippen molar-refractivity contribution in [2.24, 2.45) is 5.92 Å². The maximum Gasteiger partial charge on any atom is 0.407 e. The van der Waals surface area contributed by atoms with E-state index in [0.717, 1.165) is 0 Å². The van der Waals surface area contributed by atoms with Crippen LogP contribution < -0.4 is 5.32 Å². The van der Waals surface area contributed by atoms with Gasteiger partial charge in [-0.25, -0.2) is 13.2 Å². The minimum absolute atomic E-state index is 0.0291. The van der Waals surface area contributed by atoms with Gasteiger partial charge in [0, 0.05) is 13.1 Å². The number of ether oxygens (including phenoxy) is 1. The van der Waals surface area contributed by atoms with E-state index < -0.39 is 15.9 Å². The Balaban J connectivity index is 2.12. The topological polar surface area (TPSA) is 75.7 Å². The van der Waals surface area contributed by atoms with E-state index in [2.05, 4.69) is 5.32 Å². The Kier molecular flexibility index (Phi) is 5.20. The van der Waals surface area contributed by atoms with Crippen molar-refractivity contribution in [1.29, 1.82) is 0 Å². The number of carbonyl (C=O) groups is 1. The standard InChI is InChI=1S/C10H20N2O4S/c1-12(2)4-5-16-10(13)11-7-9-3-6-17(14,15)8-9/h9H,3-8H2,1-2H3,(H,11,13). The number of amides is 1. The highest BCUT2D eigenvalue weighted by Gasteiger charge is 2.27. The Bertz CT molecular complexity index is 353. The Labute approximate surface area is 102 Å². The van der Waals surface area contributed by atoms with E-state index in [9.17, 15) is 13.2 Å². The lowest BCUT2D eigenvalue weighted by Gasteiger charge is -2.12. The fourth-order valence-corrected chi connectivity index (χ4v) is 3.49. The normalized spacial score (nSPS) is 22.6. The van der Waals surface area contributed by atoms with Crippen molar-refractivity contribution in [2.45, 2.75) is 6.42 Å². The third kappa shape index (κ3) is 5.88. The number of alkyl carbamates (subject to hydrolysis) is 1. The summed E-state index contributed by atoms with van der Waals surface area (Å²) in [4.78, 5) is 13.2. The van der Waals surface area contributed by atoms with E-state index in [0.29, 0.717) is 26.1 Å². The van der Waals surface area contributed by atoms with Crippen LogP contribution in [0.15, 0.2) is 0 Å². The number of sulfone groups is 1. The van der Waals surface area contributed by atoms with Crippen LogP contribution in [0.5, 0.6) is 0 Å². The zero-order valence-corrected chi connectivity index (χ0v) is 11.1. The molecule has 1 unspecified atom stereocenters. The average molecular weight is 264 g/mol. The average Bonchev–Trinajstić information content (AvgIpc) is 2.55. The minimum atomic E-state index is -2.87. The van der Waals surface area contributed by atoms with E-state index in [4.69, 9.17) is 4.74 Å². The lowest BCUT2D eigenvalue weighted by molar-refractivity contribution is 0.135. The number of nitrogens with one attached hydrogen (secondary N) is 1. The molecule has 1 rings (SSSR count). The number of hydrogen-bond donors (Lipinski definition) is 1. The van der Waals surface area contributed by atoms with Gasteiger partial charge in [-0.1, -0.05) is 0 Å². The summed E-state index contributed by atoms with van der Waals surface area (Å²) in [5, 5.41) is 2.59. The summed E-state index contributed by atoms with van der Waals surface area (Å²) in [5.74, 6) is 0.432. The first-order chi connectivity index (χ1) is 7.89. The molecule has 100 valence electrons. The highest BCUT2D eigenvalue weighted by atomic mass is 32.2. The molecule has 0 aliphatic carbocycles. The molecule has 1 amide bonds. The number of rotatable bonds is 5. The smallest absolute Gasteiger partial charge is 0.407 e. The molecule has 0 aromatic carbocycles. The van der Waals surface area contributed by atoms with Crippen LogP contribution in [-0.4, -0.2) is 64.7 Å². The molecule has 0 aromatic heterocycles. The zero-order chi connectivity index (χ0) is 12.9. The van der Waals surface area contributed by atoms with Crippen molar-refractivity contribution in [3.05, 3.63) is 0 Å².